The molecule has 3 nitrogen and oxygen atoms in total. The second kappa shape index (κ2) is 6.06. The van der Waals surface area contributed by atoms with Crippen molar-refractivity contribution < 1.29 is 0 Å². The van der Waals surface area contributed by atoms with Crippen LogP contribution in [-0.4, -0.2) is 4.98 Å². The zero-order chi connectivity index (χ0) is 14.7. The van der Waals surface area contributed by atoms with E-state index in [9.17, 15) is 5.26 Å². The van der Waals surface area contributed by atoms with Gasteiger partial charge in [-0.2, -0.15) is 5.26 Å². The number of nitrogens with zero attached hydrogens (tertiary/aromatic N) is 2. The van der Waals surface area contributed by atoms with Gasteiger partial charge in [-0.3, -0.25) is 4.98 Å². The van der Waals surface area contributed by atoms with Crippen LogP contribution in [0.25, 0.3) is 0 Å². The van der Waals surface area contributed by atoms with Gasteiger partial charge in [-0.25, -0.2) is 0 Å². The Morgan fingerprint density at radius 3 is 2.70 bits per heavy atom. The molecule has 1 N–H and O–H groups in total. The summed E-state index contributed by atoms with van der Waals surface area (Å²) in [5.74, 6) is 0. The van der Waals surface area contributed by atoms with Crippen LogP contribution in [0.5, 0.6) is 0 Å². The van der Waals surface area contributed by atoms with Crippen LogP contribution in [0.1, 0.15) is 35.5 Å². The Balaban J connectivity index is 2.33. The summed E-state index contributed by atoms with van der Waals surface area (Å²) in [6.07, 6.45) is 0. The molecule has 0 aliphatic rings. The zero-order valence-electron chi connectivity index (χ0n) is 11.7. The molecule has 2 aromatic rings. The van der Waals surface area contributed by atoms with E-state index in [4.69, 9.17) is 0 Å². The molecule has 1 atom stereocenters. The van der Waals surface area contributed by atoms with Gasteiger partial charge in [0.05, 0.1) is 16.9 Å². The summed E-state index contributed by atoms with van der Waals surface area (Å²) in [6.45, 7) is 5.87. The summed E-state index contributed by atoms with van der Waals surface area (Å²) in [4.78, 5) is 4.33. The lowest BCUT2D eigenvalue weighted by Crippen LogP contribution is -2.09. The fraction of sp³-hybridized carbons (Fsp3) is 0.250. The number of rotatable bonds is 3. The molecule has 1 unspecified atom stereocenters. The molecule has 0 spiro atoms. The van der Waals surface area contributed by atoms with Gasteiger partial charge >= 0.3 is 0 Å². The number of benzene rings is 1. The number of nitriles is 1. The van der Waals surface area contributed by atoms with Crippen molar-refractivity contribution in [1.29, 1.82) is 5.26 Å². The first kappa shape index (κ1) is 14.5. The number of aromatic nitrogens is 1. The van der Waals surface area contributed by atoms with Crippen LogP contribution >= 0.6 is 15.9 Å². The van der Waals surface area contributed by atoms with Crippen molar-refractivity contribution >= 4 is 21.6 Å². The van der Waals surface area contributed by atoms with Crippen molar-refractivity contribution in [3.8, 4) is 6.07 Å². The number of hydrogen-bond acceptors (Lipinski definition) is 3. The molecule has 102 valence electrons. The predicted octanol–water partition coefficient (Wildman–Crippen LogP) is 4.51. The lowest BCUT2D eigenvalue weighted by atomic mass is 10.1. The maximum atomic E-state index is 9.28. The quantitative estimate of drug-likeness (QED) is 0.901. The standard InChI is InChI=1S/C16H16BrN3/c1-10-7-16(15(9-18)12(3)19-10)20-11(2)13-5-4-6-14(17)8-13/h4-8,11H,1-3H3,(H,19,20). The molecule has 0 saturated carbocycles. The van der Waals surface area contributed by atoms with E-state index in [1.807, 2.05) is 32.0 Å². The van der Waals surface area contributed by atoms with Crippen LogP contribution in [0, 0.1) is 25.2 Å². The van der Waals surface area contributed by atoms with Gasteiger partial charge in [-0.05, 0) is 44.5 Å². The van der Waals surface area contributed by atoms with Crippen molar-refractivity contribution in [3.05, 3.63) is 57.3 Å². The fourth-order valence-corrected chi connectivity index (χ4v) is 2.59. The van der Waals surface area contributed by atoms with Gasteiger partial charge in [0, 0.05) is 16.2 Å². The van der Waals surface area contributed by atoms with Crippen molar-refractivity contribution in [2.24, 2.45) is 0 Å². The Hall–Kier alpha value is -1.86. The Bertz CT molecular complexity index is 674. The first-order valence-corrected chi connectivity index (χ1v) is 7.21. The third kappa shape index (κ3) is 3.17. The highest BCUT2D eigenvalue weighted by Gasteiger charge is 2.12. The molecule has 1 aromatic carbocycles. The Labute approximate surface area is 127 Å². The van der Waals surface area contributed by atoms with Crippen LogP contribution in [0.15, 0.2) is 34.8 Å². The number of pyridine rings is 1. The van der Waals surface area contributed by atoms with Crippen LogP contribution in [0.4, 0.5) is 5.69 Å². The smallest absolute Gasteiger partial charge is 0.103 e. The summed E-state index contributed by atoms with van der Waals surface area (Å²) in [5, 5.41) is 12.7. The molecule has 0 bridgehead atoms. The Morgan fingerprint density at radius 2 is 2.05 bits per heavy atom. The Kier molecular flexibility index (Phi) is 4.41. The van der Waals surface area contributed by atoms with E-state index in [0.717, 1.165) is 27.1 Å². The molecule has 0 amide bonds. The normalized spacial score (nSPS) is 11.8. The number of nitrogens with one attached hydrogen (secondary N) is 1. The third-order valence-electron chi connectivity index (χ3n) is 3.16. The van der Waals surface area contributed by atoms with E-state index in [1.54, 1.807) is 0 Å². The van der Waals surface area contributed by atoms with Gasteiger partial charge in [0.25, 0.3) is 0 Å². The highest BCUT2D eigenvalue weighted by Crippen LogP contribution is 2.25. The molecular formula is C16H16BrN3. The molecule has 1 heterocycles. The maximum Gasteiger partial charge on any atom is 0.103 e. The second-order valence-electron chi connectivity index (χ2n) is 4.80. The van der Waals surface area contributed by atoms with Crippen LogP contribution < -0.4 is 5.32 Å². The fourth-order valence-electron chi connectivity index (χ4n) is 2.18. The highest BCUT2D eigenvalue weighted by atomic mass is 79.9. The van der Waals surface area contributed by atoms with Crippen molar-refractivity contribution in [1.82, 2.24) is 4.98 Å². The first-order chi connectivity index (χ1) is 9.51. The zero-order valence-corrected chi connectivity index (χ0v) is 13.3. The molecule has 0 aliphatic carbocycles. The molecule has 0 saturated heterocycles. The van der Waals surface area contributed by atoms with Gasteiger partial charge < -0.3 is 5.32 Å². The minimum absolute atomic E-state index is 0.112. The third-order valence-corrected chi connectivity index (χ3v) is 3.65. The monoisotopic (exact) mass is 329 g/mol. The van der Waals surface area contributed by atoms with E-state index < -0.39 is 0 Å². The molecule has 1 aromatic heterocycles. The SMILES string of the molecule is Cc1cc(NC(C)c2cccc(Br)c2)c(C#N)c(C)n1. The van der Waals surface area contributed by atoms with E-state index in [-0.39, 0.29) is 6.04 Å². The van der Waals surface area contributed by atoms with Crippen molar-refractivity contribution in [2.75, 3.05) is 5.32 Å². The van der Waals surface area contributed by atoms with E-state index in [1.165, 1.54) is 0 Å². The van der Waals surface area contributed by atoms with E-state index >= 15 is 0 Å². The molecule has 2 rings (SSSR count). The second-order valence-corrected chi connectivity index (χ2v) is 5.72. The summed E-state index contributed by atoms with van der Waals surface area (Å²) in [6, 6.07) is 12.4. The first-order valence-electron chi connectivity index (χ1n) is 6.41. The van der Waals surface area contributed by atoms with Crippen molar-refractivity contribution in [2.45, 2.75) is 26.8 Å². The number of halogens is 1. The number of anilines is 1. The number of aryl methyl sites for hydroxylation is 2. The van der Waals surface area contributed by atoms with Crippen LogP contribution in [0.3, 0.4) is 0 Å². The molecule has 4 heteroatoms. The topological polar surface area (TPSA) is 48.7 Å². The number of hydrogen-bond donors (Lipinski definition) is 1. The summed E-state index contributed by atoms with van der Waals surface area (Å²) in [5.41, 5.74) is 4.28. The van der Waals surface area contributed by atoms with Gasteiger partial charge in [-0.1, -0.05) is 28.1 Å². The van der Waals surface area contributed by atoms with E-state index in [2.05, 4.69) is 51.4 Å². The van der Waals surface area contributed by atoms with Crippen LogP contribution in [-0.2, 0) is 0 Å². The summed E-state index contributed by atoms with van der Waals surface area (Å²) >= 11 is 3.48. The van der Waals surface area contributed by atoms with Gasteiger partial charge in [0.1, 0.15) is 6.07 Å². The van der Waals surface area contributed by atoms with Gasteiger partial charge in [0.15, 0.2) is 0 Å². The lowest BCUT2D eigenvalue weighted by molar-refractivity contribution is 0.879. The lowest BCUT2D eigenvalue weighted by Gasteiger charge is -2.18. The van der Waals surface area contributed by atoms with E-state index in [0.29, 0.717) is 5.56 Å². The van der Waals surface area contributed by atoms with Crippen LogP contribution in [0.2, 0.25) is 0 Å². The summed E-state index contributed by atoms with van der Waals surface area (Å²) in [7, 11) is 0. The largest absolute Gasteiger partial charge is 0.377 e. The summed E-state index contributed by atoms with van der Waals surface area (Å²) < 4.78 is 1.05. The minimum atomic E-state index is 0.112. The highest BCUT2D eigenvalue weighted by molar-refractivity contribution is 9.10. The Morgan fingerprint density at radius 1 is 1.30 bits per heavy atom. The van der Waals surface area contributed by atoms with Crippen molar-refractivity contribution in [3.63, 3.8) is 0 Å². The molecule has 0 fully saturated rings. The maximum absolute atomic E-state index is 9.28. The molecular weight excluding hydrogens is 314 g/mol. The predicted molar refractivity (Wildman–Crippen MR) is 84.6 cm³/mol. The average molecular weight is 330 g/mol. The average Bonchev–Trinajstić information content (AvgIpc) is 2.38. The van der Waals surface area contributed by atoms with Gasteiger partial charge in [0.2, 0.25) is 0 Å². The molecule has 0 radical (unpaired) electrons. The molecule has 20 heavy (non-hydrogen) atoms. The van der Waals surface area contributed by atoms with Gasteiger partial charge in [-0.15, -0.1) is 0 Å². The molecule has 0 aliphatic heterocycles. The minimum Gasteiger partial charge on any atom is -0.377 e.